The van der Waals surface area contributed by atoms with E-state index in [0.29, 0.717) is 22.3 Å². The molecule has 5 heteroatoms. The summed E-state index contributed by atoms with van der Waals surface area (Å²) in [6.07, 6.45) is 0. The Hall–Kier alpha value is -6.59. The molecule has 0 saturated heterocycles. The van der Waals surface area contributed by atoms with E-state index in [1.54, 1.807) is 0 Å². The van der Waals surface area contributed by atoms with Gasteiger partial charge in [0.25, 0.3) is 0 Å². The van der Waals surface area contributed by atoms with Gasteiger partial charge in [-0.25, -0.2) is 15.0 Å². The molecule has 5 nitrogen and oxygen atoms in total. The second kappa shape index (κ2) is 10.5. The summed E-state index contributed by atoms with van der Waals surface area (Å²) in [6.45, 7) is 0. The van der Waals surface area contributed by atoms with Crippen LogP contribution in [0.15, 0.2) is 160 Å². The summed E-state index contributed by atoms with van der Waals surface area (Å²) in [6, 6.07) is 26.2. The summed E-state index contributed by atoms with van der Waals surface area (Å²) >= 11 is 0. The molecular formula is C43H25N3O2. The average molecular weight is 625 g/mol. The lowest BCUT2D eigenvalue weighted by atomic mass is 9.98. The quantitative estimate of drug-likeness (QED) is 0.195. The molecular weight excluding hydrogens is 590 g/mol. The summed E-state index contributed by atoms with van der Waals surface area (Å²) in [4.78, 5) is 14.6. The molecule has 0 unspecified atom stereocenters. The van der Waals surface area contributed by atoms with Crippen LogP contribution in [0.1, 0.15) is 12.3 Å². The molecule has 0 amide bonds. The first-order chi connectivity index (χ1) is 27.5. The van der Waals surface area contributed by atoms with Crippen molar-refractivity contribution in [3.63, 3.8) is 0 Å². The predicted octanol–water partition coefficient (Wildman–Crippen LogP) is 11.5. The summed E-state index contributed by atoms with van der Waals surface area (Å²) in [5.41, 5.74) is 3.78. The fraction of sp³-hybridized carbons (Fsp3) is 0. The minimum atomic E-state index is -0.566. The molecule has 0 fully saturated rings. The Morgan fingerprint density at radius 1 is 0.438 bits per heavy atom. The second-order valence-corrected chi connectivity index (χ2v) is 11.3. The minimum Gasteiger partial charge on any atom is -0.455 e. The fourth-order valence-corrected chi connectivity index (χ4v) is 6.20. The summed E-state index contributed by atoms with van der Waals surface area (Å²) < 4.78 is 92.0. The van der Waals surface area contributed by atoms with Crippen molar-refractivity contribution in [3.05, 3.63) is 151 Å². The zero-order valence-corrected chi connectivity index (χ0v) is 24.9. The summed E-state index contributed by atoms with van der Waals surface area (Å²) in [7, 11) is 0. The van der Waals surface area contributed by atoms with E-state index in [9.17, 15) is 4.11 Å². The molecule has 0 spiro atoms. The molecule has 0 aliphatic carbocycles. The van der Waals surface area contributed by atoms with E-state index in [2.05, 4.69) is 0 Å². The smallest absolute Gasteiger partial charge is 0.164 e. The van der Waals surface area contributed by atoms with Gasteiger partial charge in [-0.05, 0) is 47.3 Å². The number of aromatic nitrogens is 3. The molecule has 3 aromatic heterocycles. The number of furan rings is 2. The number of para-hydroxylation sites is 1. The van der Waals surface area contributed by atoms with Crippen molar-refractivity contribution in [2.45, 2.75) is 0 Å². The van der Waals surface area contributed by atoms with Crippen molar-refractivity contribution >= 4 is 54.6 Å². The van der Waals surface area contributed by atoms with Gasteiger partial charge in [0, 0.05) is 49.2 Å². The molecule has 0 aliphatic rings. The van der Waals surface area contributed by atoms with Crippen LogP contribution in [0.2, 0.25) is 0 Å². The normalized spacial score (nSPS) is 14.4. The molecule has 0 bridgehead atoms. The highest BCUT2D eigenvalue weighted by Crippen LogP contribution is 2.42. The van der Waals surface area contributed by atoms with E-state index in [-0.39, 0.29) is 61.8 Å². The standard InChI is InChI=1S/C43H25N3O2/c1-3-11-26(12-4-1)31-23-24-35(38-34-17-9-10-18-36(34)47-40(31)38)43-45-41(28-14-5-2-6-15-28)44-42(46-43)29-20-21-32-33-22-19-27-13-7-8-16-30(27)39(33)48-37(32)25-29/h1-25H/i7D,8D,13D,16D,19D,20D,21D,22D,25D. The summed E-state index contributed by atoms with van der Waals surface area (Å²) in [5, 5.41) is 1.02. The number of hydrogen-bond acceptors (Lipinski definition) is 5. The van der Waals surface area contributed by atoms with Gasteiger partial charge < -0.3 is 8.83 Å². The molecule has 0 N–H and O–H groups in total. The lowest BCUT2D eigenvalue weighted by Gasteiger charge is -2.11. The predicted molar refractivity (Wildman–Crippen MR) is 194 cm³/mol. The Labute approximate surface area is 287 Å². The minimum absolute atomic E-state index is 0.0863. The van der Waals surface area contributed by atoms with Crippen LogP contribution in [0.3, 0.4) is 0 Å². The summed E-state index contributed by atoms with van der Waals surface area (Å²) in [5.74, 6) is 0.379. The third-order valence-electron chi connectivity index (χ3n) is 8.43. The number of benzene rings is 7. The molecule has 7 aromatic carbocycles. The van der Waals surface area contributed by atoms with Crippen molar-refractivity contribution in [1.29, 1.82) is 0 Å². The van der Waals surface area contributed by atoms with Gasteiger partial charge in [0.2, 0.25) is 0 Å². The Balaban J connectivity index is 1.29. The van der Waals surface area contributed by atoms with E-state index >= 15 is 0 Å². The maximum atomic E-state index is 9.47. The Bertz CT molecular complexity index is 3350. The molecule has 0 atom stereocenters. The van der Waals surface area contributed by atoms with Crippen LogP contribution in [0.5, 0.6) is 0 Å². The lowest BCUT2D eigenvalue weighted by molar-refractivity contribution is 0.670. The third kappa shape index (κ3) is 4.15. The van der Waals surface area contributed by atoms with E-state index in [0.717, 1.165) is 21.9 Å². The number of nitrogens with zero attached hydrogens (tertiary/aromatic N) is 3. The van der Waals surface area contributed by atoms with Gasteiger partial charge in [-0.2, -0.15) is 0 Å². The van der Waals surface area contributed by atoms with E-state index < -0.39 is 48.3 Å². The van der Waals surface area contributed by atoms with Crippen molar-refractivity contribution in [1.82, 2.24) is 15.0 Å². The Morgan fingerprint density at radius 3 is 1.96 bits per heavy atom. The maximum absolute atomic E-state index is 9.47. The fourth-order valence-electron chi connectivity index (χ4n) is 6.20. The van der Waals surface area contributed by atoms with Gasteiger partial charge in [-0.15, -0.1) is 0 Å². The van der Waals surface area contributed by atoms with Crippen LogP contribution in [-0.4, -0.2) is 15.0 Å². The van der Waals surface area contributed by atoms with Gasteiger partial charge in [-0.1, -0.05) is 115 Å². The topological polar surface area (TPSA) is 65.0 Å². The Morgan fingerprint density at radius 2 is 1.10 bits per heavy atom. The van der Waals surface area contributed by atoms with E-state index in [4.69, 9.17) is 32.0 Å². The van der Waals surface area contributed by atoms with Crippen LogP contribution in [0, 0.1) is 0 Å². The molecule has 224 valence electrons. The third-order valence-corrected chi connectivity index (χ3v) is 8.43. The first-order valence-corrected chi connectivity index (χ1v) is 15.2. The van der Waals surface area contributed by atoms with Crippen LogP contribution >= 0.6 is 0 Å². The first-order valence-electron chi connectivity index (χ1n) is 19.7. The molecule has 10 rings (SSSR count). The van der Waals surface area contributed by atoms with Gasteiger partial charge >= 0.3 is 0 Å². The van der Waals surface area contributed by atoms with Crippen molar-refractivity contribution in [2.24, 2.45) is 0 Å². The van der Waals surface area contributed by atoms with Crippen LogP contribution in [0.25, 0.3) is 99.9 Å². The molecule has 0 aliphatic heterocycles. The number of rotatable bonds is 4. The van der Waals surface area contributed by atoms with E-state index in [1.165, 1.54) is 0 Å². The van der Waals surface area contributed by atoms with Crippen LogP contribution in [-0.2, 0) is 0 Å². The van der Waals surface area contributed by atoms with Crippen LogP contribution < -0.4 is 0 Å². The molecule has 10 aromatic rings. The number of fused-ring (bicyclic) bond motifs is 8. The molecule has 48 heavy (non-hydrogen) atoms. The molecule has 3 heterocycles. The van der Waals surface area contributed by atoms with E-state index in [1.807, 2.05) is 97.1 Å². The molecule has 0 saturated carbocycles. The molecule has 0 radical (unpaired) electrons. The van der Waals surface area contributed by atoms with Crippen LogP contribution in [0.4, 0.5) is 0 Å². The van der Waals surface area contributed by atoms with Gasteiger partial charge in [0.15, 0.2) is 17.5 Å². The largest absolute Gasteiger partial charge is 0.455 e. The van der Waals surface area contributed by atoms with Gasteiger partial charge in [0.1, 0.15) is 22.3 Å². The van der Waals surface area contributed by atoms with Gasteiger partial charge in [-0.3, -0.25) is 0 Å². The number of hydrogen-bond donors (Lipinski definition) is 0. The van der Waals surface area contributed by atoms with Gasteiger partial charge in [0.05, 0.1) is 12.3 Å². The maximum Gasteiger partial charge on any atom is 0.164 e. The highest BCUT2D eigenvalue weighted by Gasteiger charge is 2.21. The van der Waals surface area contributed by atoms with Crippen molar-refractivity contribution in [2.75, 3.05) is 0 Å². The first kappa shape index (κ1) is 19.2. The van der Waals surface area contributed by atoms with Crippen molar-refractivity contribution < 1.29 is 21.2 Å². The zero-order chi connectivity index (χ0) is 39.4. The highest BCUT2D eigenvalue weighted by molar-refractivity contribution is 6.16. The zero-order valence-electron chi connectivity index (χ0n) is 33.9. The average Bonchev–Trinajstić information content (AvgIpc) is 3.83. The SMILES string of the molecule is [2H]c1c([2H])c([2H])c2c(c1[2H])c([2H])c([2H])c1c2oc2c([2H])c(-c3nc(-c4ccccc4)nc(-c4ccc(-c5ccccc5)c5oc6ccccc6c45)n3)c([2H])c([2H])c21. The Kier molecular flexibility index (Phi) is 4.18. The lowest BCUT2D eigenvalue weighted by Crippen LogP contribution is -2.00. The highest BCUT2D eigenvalue weighted by atomic mass is 16.3. The second-order valence-electron chi connectivity index (χ2n) is 11.3. The van der Waals surface area contributed by atoms with Crippen molar-refractivity contribution in [3.8, 4) is 45.3 Å². The monoisotopic (exact) mass is 624 g/mol.